The van der Waals surface area contributed by atoms with Crippen LogP contribution in [0, 0.1) is 17.0 Å². The number of piperazine rings is 1. The minimum atomic E-state index is -0.521. The summed E-state index contributed by atoms with van der Waals surface area (Å²) < 4.78 is 5.42. The van der Waals surface area contributed by atoms with E-state index in [1.807, 2.05) is 30.3 Å². The van der Waals surface area contributed by atoms with E-state index in [2.05, 4.69) is 39.4 Å². The molecule has 0 spiro atoms. The molecule has 1 fully saturated rings. The van der Waals surface area contributed by atoms with Gasteiger partial charge in [-0.25, -0.2) is 0 Å². The number of benzene rings is 3. The van der Waals surface area contributed by atoms with Gasteiger partial charge in [-0.15, -0.1) is 0 Å². The minimum absolute atomic E-state index is 0.0851. The largest absolute Gasteiger partial charge is 0.477 e. The standard InChI is InChI=1S/C26H28N4O4/c1-20-7-12-24(30(32)33)25(17-20)34-19-26(31)27-22-8-10-23(11-9-22)29-15-13-28(14-16-29)18-21-5-3-2-4-6-21/h2-12,17H,13-16,18-19H2,1H3,(H,27,31). The van der Waals surface area contributed by atoms with Gasteiger partial charge >= 0.3 is 5.69 Å². The van der Waals surface area contributed by atoms with Gasteiger partial charge in [-0.1, -0.05) is 36.4 Å². The monoisotopic (exact) mass is 460 g/mol. The maximum atomic E-state index is 12.3. The quantitative estimate of drug-likeness (QED) is 0.400. The molecule has 1 aliphatic rings. The Kier molecular flexibility index (Phi) is 7.39. The van der Waals surface area contributed by atoms with Gasteiger partial charge in [-0.3, -0.25) is 19.8 Å². The van der Waals surface area contributed by atoms with Gasteiger partial charge in [0.15, 0.2) is 12.4 Å². The van der Waals surface area contributed by atoms with Crippen LogP contribution in [0.1, 0.15) is 11.1 Å². The van der Waals surface area contributed by atoms with Crippen LogP contribution in [0.2, 0.25) is 0 Å². The van der Waals surface area contributed by atoms with E-state index in [1.165, 1.54) is 11.6 Å². The Morgan fingerprint density at radius 3 is 2.38 bits per heavy atom. The highest BCUT2D eigenvalue weighted by Crippen LogP contribution is 2.27. The van der Waals surface area contributed by atoms with Crippen LogP contribution in [0.15, 0.2) is 72.8 Å². The Hall–Kier alpha value is -3.91. The van der Waals surface area contributed by atoms with Crippen LogP contribution in [0.25, 0.3) is 0 Å². The SMILES string of the molecule is Cc1ccc([N+](=O)[O-])c(OCC(=O)Nc2ccc(N3CCN(Cc4ccccc4)CC3)cc2)c1. The number of anilines is 2. The Labute approximate surface area is 198 Å². The summed E-state index contributed by atoms with van der Waals surface area (Å²) in [6.07, 6.45) is 0. The van der Waals surface area contributed by atoms with Crippen LogP contribution in [-0.2, 0) is 11.3 Å². The van der Waals surface area contributed by atoms with E-state index in [4.69, 9.17) is 4.74 Å². The Balaban J connectivity index is 1.26. The van der Waals surface area contributed by atoms with Crippen molar-refractivity contribution in [2.24, 2.45) is 0 Å². The van der Waals surface area contributed by atoms with E-state index in [9.17, 15) is 14.9 Å². The van der Waals surface area contributed by atoms with Crippen LogP contribution in [0.3, 0.4) is 0 Å². The number of nitrogens with one attached hydrogen (secondary N) is 1. The summed E-state index contributed by atoms with van der Waals surface area (Å²) in [5.74, 6) is -0.292. The molecular weight excluding hydrogens is 432 g/mol. The van der Waals surface area contributed by atoms with Gasteiger partial charge in [-0.2, -0.15) is 0 Å². The van der Waals surface area contributed by atoms with Crippen LogP contribution < -0.4 is 15.0 Å². The zero-order valence-corrected chi connectivity index (χ0v) is 19.1. The molecule has 8 nitrogen and oxygen atoms in total. The average Bonchev–Trinajstić information content (AvgIpc) is 2.84. The third kappa shape index (κ3) is 6.11. The summed E-state index contributed by atoms with van der Waals surface area (Å²) in [5, 5.41) is 13.9. The van der Waals surface area contributed by atoms with Gasteiger partial charge in [-0.05, 0) is 48.4 Å². The maximum absolute atomic E-state index is 12.3. The van der Waals surface area contributed by atoms with E-state index < -0.39 is 4.92 Å². The van der Waals surface area contributed by atoms with Crippen LogP contribution in [-0.4, -0.2) is 48.5 Å². The predicted octanol–water partition coefficient (Wildman–Crippen LogP) is 4.24. The molecule has 0 unspecified atom stereocenters. The molecule has 34 heavy (non-hydrogen) atoms. The van der Waals surface area contributed by atoms with Gasteiger partial charge < -0.3 is 15.0 Å². The lowest BCUT2D eigenvalue weighted by Crippen LogP contribution is -2.45. The number of amides is 1. The topological polar surface area (TPSA) is 87.9 Å². The lowest BCUT2D eigenvalue weighted by Gasteiger charge is -2.36. The fourth-order valence-electron chi connectivity index (χ4n) is 3.99. The van der Waals surface area contributed by atoms with Crippen molar-refractivity contribution in [2.75, 3.05) is 43.0 Å². The number of rotatable bonds is 8. The number of nitro benzene ring substituents is 1. The lowest BCUT2D eigenvalue weighted by atomic mass is 10.2. The number of carbonyl (C=O) groups excluding carboxylic acids is 1. The van der Waals surface area contributed by atoms with Gasteiger partial charge in [0.2, 0.25) is 0 Å². The number of carbonyl (C=O) groups is 1. The number of hydrogen-bond donors (Lipinski definition) is 1. The molecule has 0 radical (unpaired) electrons. The summed E-state index contributed by atoms with van der Waals surface area (Å²) in [6.45, 7) is 6.35. The molecule has 0 aliphatic carbocycles. The molecule has 0 atom stereocenters. The summed E-state index contributed by atoms with van der Waals surface area (Å²) in [4.78, 5) is 27.7. The third-order valence-corrected chi connectivity index (χ3v) is 5.81. The second-order valence-electron chi connectivity index (χ2n) is 8.36. The number of hydrogen-bond acceptors (Lipinski definition) is 6. The molecule has 8 heteroatoms. The number of nitrogens with zero attached hydrogens (tertiary/aromatic N) is 3. The number of aryl methyl sites for hydroxylation is 1. The van der Waals surface area contributed by atoms with Crippen LogP contribution in [0.4, 0.5) is 17.1 Å². The minimum Gasteiger partial charge on any atom is -0.477 e. The Bertz CT molecular complexity index is 1130. The van der Waals surface area contributed by atoms with Gasteiger partial charge in [0.25, 0.3) is 5.91 Å². The fraction of sp³-hybridized carbons (Fsp3) is 0.269. The van der Waals surface area contributed by atoms with Crippen LogP contribution in [0.5, 0.6) is 5.75 Å². The first-order valence-electron chi connectivity index (χ1n) is 11.3. The molecule has 4 rings (SSSR count). The molecule has 0 saturated carbocycles. The first kappa shape index (κ1) is 23.3. The van der Waals surface area contributed by atoms with E-state index in [1.54, 1.807) is 19.1 Å². The predicted molar refractivity (Wildman–Crippen MR) is 132 cm³/mol. The molecule has 0 aromatic heterocycles. The van der Waals surface area contributed by atoms with Crippen molar-refractivity contribution < 1.29 is 14.5 Å². The fourth-order valence-corrected chi connectivity index (χ4v) is 3.99. The molecule has 1 N–H and O–H groups in total. The van der Waals surface area contributed by atoms with Crippen molar-refractivity contribution >= 4 is 23.0 Å². The Morgan fingerprint density at radius 1 is 1.00 bits per heavy atom. The van der Waals surface area contributed by atoms with Crippen molar-refractivity contribution in [3.8, 4) is 5.75 Å². The van der Waals surface area contributed by atoms with Crippen LogP contribution >= 0.6 is 0 Å². The van der Waals surface area contributed by atoms with E-state index in [-0.39, 0.29) is 24.0 Å². The summed E-state index contributed by atoms with van der Waals surface area (Å²) in [5.41, 5.74) is 3.75. The highest BCUT2D eigenvalue weighted by molar-refractivity contribution is 5.92. The van der Waals surface area contributed by atoms with Crippen molar-refractivity contribution in [3.05, 3.63) is 94.0 Å². The van der Waals surface area contributed by atoms with Gasteiger partial charge in [0.1, 0.15) is 0 Å². The Morgan fingerprint density at radius 2 is 1.71 bits per heavy atom. The molecule has 3 aromatic carbocycles. The zero-order chi connectivity index (χ0) is 23.9. The van der Waals surface area contributed by atoms with E-state index >= 15 is 0 Å². The van der Waals surface area contributed by atoms with Crippen molar-refractivity contribution in [1.82, 2.24) is 4.90 Å². The second-order valence-corrected chi connectivity index (χ2v) is 8.36. The lowest BCUT2D eigenvalue weighted by molar-refractivity contribution is -0.385. The van der Waals surface area contributed by atoms with Gasteiger partial charge in [0, 0.05) is 50.2 Å². The average molecular weight is 461 g/mol. The maximum Gasteiger partial charge on any atom is 0.310 e. The van der Waals surface area contributed by atoms with Crippen molar-refractivity contribution in [2.45, 2.75) is 13.5 Å². The second kappa shape index (κ2) is 10.8. The summed E-state index contributed by atoms with van der Waals surface area (Å²) in [7, 11) is 0. The molecular formula is C26H28N4O4. The molecule has 0 bridgehead atoms. The molecule has 1 saturated heterocycles. The smallest absolute Gasteiger partial charge is 0.310 e. The first-order chi connectivity index (χ1) is 16.5. The van der Waals surface area contributed by atoms with E-state index in [0.29, 0.717) is 5.69 Å². The molecule has 1 amide bonds. The normalized spacial score (nSPS) is 14.0. The zero-order valence-electron chi connectivity index (χ0n) is 19.1. The van der Waals surface area contributed by atoms with Crippen molar-refractivity contribution in [1.29, 1.82) is 0 Å². The molecule has 1 heterocycles. The van der Waals surface area contributed by atoms with Crippen molar-refractivity contribution in [3.63, 3.8) is 0 Å². The summed E-state index contributed by atoms with van der Waals surface area (Å²) >= 11 is 0. The summed E-state index contributed by atoms with van der Waals surface area (Å²) in [6, 6.07) is 22.8. The first-order valence-corrected chi connectivity index (χ1v) is 11.3. The van der Waals surface area contributed by atoms with Gasteiger partial charge in [0.05, 0.1) is 4.92 Å². The van der Waals surface area contributed by atoms with E-state index in [0.717, 1.165) is 44.0 Å². The third-order valence-electron chi connectivity index (χ3n) is 5.81. The number of nitro groups is 1. The highest BCUT2D eigenvalue weighted by Gasteiger charge is 2.18. The number of ether oxygens (including phenoxy) is 1. The molecule has 1 aliphatic heterocycles. The highest BCUT2D eigenvalue weighted by atomic mass is 16.6. The molecule has 176 valence electrons. The molecule has 3 aromatic rings.